The molecule has 2 heterocycles. The van der Waals surface area contributed by atoms with Crippen LogP contribution in [-0.4, -0.2) is 28.2 Å². The van der Waals surface area contributed by atoms with E-state index in [0.717, 1.165) is 0 Å². The number of amides is 2. The lowest BCUT2D eigenvalue weighted by molar-refractivity contribution is -0.385. The van der Waals surface area contributed by atoms with Gasteiger partial charge in [0, 0.05) is 25.1 Å². The van der Waals surface area contributed by atoms with E-state index in [1.807, 2.05) is 0 Å². The van der Waals surface area contributed by atoms with E-state index >= 15 is 0 Å². The number of carbonyl (C=O) groups is 2. The number of anilines is 1. The van der Waals surface area contributed by atoms with Crippen molar-refractivity contribution in [2.75, 3.05) is 11.9 Å². The van der Waals surface area contributed by atoms with Gasteiger partial charge in [-0.15, -0.1) is 4.91 Å². The molecule has 1 aromatic carbocycles. The fourth-order valence-corrected chi connectivity index (χ4v) is 2.99. The van der Waals surface area contributed by atoms with Crippen LogP contribution in [0.5, 0.6) is 0 Å². The molecule has 1 N–H and O–H groups in total. The zero-order valence-electron chi connectivity index (χ0n) is 11.7. The third-order valence-corrected chi connectivity index (χ3v) is 4.08. The average molecular weight is 304 g/mol. The van der Waals surface area contributed by atoms with Crippen LogP contribution in [0.3, 0.4) is 0 Å². The molecular weight excluding hydrogens is 292 g/mol. The number of fused-ring (bicyclic) bond motifs is 3. The van der Waals surface area contributed by atoms with Crippen LogP contribution in [0.1, 0.15) is 29.7 Å². The summed E-state index contributed by atoms with van der Waals surface area (Å²) in [6, 6.07) is -0.0493. The van der Waals surface area contributed by atoms with E-state index in [2.05, 4.69) is 10.5 Å². The van der Waals surface area contributed by atoms with Crippen LogP contribution >= 0.6 is 0 Å². The van der Waals surface area contributed by atoms with E-state index in [1.165, 1.54) is 17.9 Å². The van der Waals surface area contributed by atoms with Gasteiger partial charge in [0.2, 0.25) is 5.91 Å². The van der Waals surface area contributed by atoms with Gasteiger partial charge in [-0.05, 0) is 12.0 Å². The summed E-state index contributed by atoms with van der Waals surface area (Å²) in [6.07, 6.45) is 0.380. The lowest BCUT2D eigenvalue weighted by Gasteiger charge is -2.28. The third kappa shape index (κ3) is 1.93. The first-order valence-corrected chi connectivity index (χ1v) is 6.66. The summed E-state index contributed by atoms with van der Waals surface area (Å²) in [5.41, 5.74) is 1.49. The van der Waals surface area contributed by atoms with Gasteiger partial charge in [0.25, 0.3) is 11.6 Å². The Balaban J connectivity index is 2.20. The zero-order chi connectivity index (χ0) is 16.0. The van der Waals surface area contributed by atoms with Crippen molar-refractivity contribution < 1.29 is 14.5 Å². The highest BCUT2D eigenvalue weighted by Crippen LogP contribution is 2.43. The fraction of sp³-hybridized carbons (Fsp3) is 0.385. The summed E-state index contributed by atoms with van der Waals surface area (Å²) in [7, 11) is 0. The van der Waals surface area contributed by atoms with Crippen LogP contribution < -0.4 is 5.32 Å². The lowest BCUT2D eigenvalue weighted by atomic mass is 9.92. The molecule has 1 aromatic rings. The molecule has 0 bridgehead atoms. The predicted molar refractivity (Wildman–Crippen MR) is 75.1 cm³/mol. The molecule has 114 valence electrons. The monoisotopic (exact) mass is 304 g/mol. The second-order valence-corrected chi connectivity index (χ2v) is 5.26. The second kappa shape index (κ2) is 4.86. The minimum Gasteiger partial charge on any atom is -0.338 e. The molecule has 0 spiro atoms. The molecule has 0 fully saturated rings. The lowest BCUT2D eigenvalue weighted by Crippen LogP contribution is -2.35. The Hall–Kier alpha value is -2.84. The first-order chi connectivity index (χ1) is 10.4. The average Bonchev–Trinajstić information content (AvgIpc) is 2.80. The van der Waals surface area contributed by atoms with Crippen molar-refractivity contribution in [2.45, 2.75) is 25.9 Å². The van der Waals surface area contributed by atoms with Crippen molar-refractivity contribution >= 4 is 23.2 Å². The third-order valence-electron chi connectivity index (χ3n) is 4.08. The van der Waals surface area contributed by atoms with Gasteiger partial charge >= 0.3 is 0 Å². The van der Waals surface area contributed by atoms with Gasteiger partial charge in [-0.25, -0.2) is 0 Å². The van der Waals surface area contributed by atoms with Gasteiger partial charge in [-0.2, -0.15) is 0 Å². The largest absolute Gasteiger partial charge is 0.338 e. The minimum atomic E-state index is -1.26. The Labute approximate surface area is 124 Å². The van der Waals surface area contributed by atoms with Crippen LogP contribution in [0, 0.1) is 15.0 Å². The maximum atomic E-state index is 11.8. The summed E-state index contributed by atoms with van der Waals surface area (Å²) in [4.78, 5) is 46.4. The van der Waals surface area contributed by atoms with Crippen molar-refractivity contribution in [3.05, 3.63) is 37.8 Å². The summed E-state index contributed by atoms with van der Waals surface area (Å²) >= 11 is 0. The van der Waals surface area contributed by atoms with Crippen molar-refractivity contribution in [1.82, 2.24) is 4.90 Å². The van der Waals surface area contributed by atoms with E-state index in [4.69, 9.17) is 0 Å². The van der Waals surface area contributed by atoms with Crippen LogP contribution in [-0.2, 0) is 22.6 Å². The fourth-order valence-electron chi connectivity index (χ4n) is 2.99. The second-order valence-electron chi connectivity index (χ2n) is 5.26. The molecule has 0 saturated carbocycles. The van der Waals surface area contributed by atoms with Crippen molar-refractivity contribution in [3.8, 4) is 0 Å². The van der Waals surface area contributed by atoms with E-state index in [1.54, 1.807) is 0 Å². The molecule has 1 unspecified atom stereocenters. The predicted octanol–water partition coefficient (Wildman–Crippen LogP) is 1.26. The van der Waals surface area contributed by atoms with Crippen LogP contribution in [0.25, 0.3) is 0 Å². The number of benzene rings is 1. The number of rotatable bonds is 2. The van der Waals surface area contributed by atoms with Crippen LogP contribution in [0.15, 0.2) is 11.2 Å². The molecule has 2 aliphatic rings. The Bertz CT molecular complexity index is 730. The summed E-state index contributed by atoms with van der Waals surface area (Å²) in [5, 5.41) is 16.6. The molecule has 2 amide bonds. The maximum Gasteiger partial charge on any atom is 0.275 e. The minimum absolute atomic E-state index is 0.114. The van der Waals surface area contributed by atoms with Gasteiger partial charge in [-0.1, -0.05) is 5.18 Å². The Morgan fingerprint density at radius 3 is 2.82 bits per heavy atom. The molecule has 2 aliphatic heterocycles. The normalized spacial score (nSPS) is 19.2. The molecule has 0 saturated heterocycles. The van der Waals surface area contributed by atoms with E-state index in [-0.39, 0.29) is 23.7 Å². The summed E-state index contributed by atoms with van der Waals surface area (Å²) in [5.74, 6) is -0.751. The number of hydrogen-bond donors (Lipinski definition) is 1. The topological polar surface area (TPSA) is 122 Å². The Kier molecular flexibility index (Phi) is 3.12. The molecule has 9 nitrogen and oxygen atoms in total. The molecule has 0 radical (unpaired) electrons. The van der Waals surface area contributed by atoms with Crippen molar-refractivity contribution in [1.29, 1.82) is 0 Å². The van der Waals surface area contributed by atoms with Gasteiger partial charge in [0.15, 0.2) is 6.04 Å². The Morgan fingerprint density at radius 1 is 1.50 bits per heavy atom. The number of nitro benzene ring substituents is 1. The van der Waals surface area contributed by atoms with Gasteiger partial charge in [0.05, 0.1) is 22.7 Å². The van der Waals surface area contributed by atoms with Gasteiger partial charge < -0.3 is 10.2 Å². The quantitative estimate of drug-likeness (QED) is 0.500. The van der Waals surface area contributed by atoms with Gasteiger partial charge in [0.1, 0.15) is 0 Å². The SMILES string of the molecule is CC(=O)N1CCc2c(c([N+](=O)[O-])cc3c2NC(=O)C3N=O)C1. The van der Waals surface area contributed by atoms with E-state index in [9.17, 15) is 24.6 Å². The standard InChI is InChI=1S/C13H12N4O5/c1-6(18)16-3-2-7-9(5-16)10(17(21)22)4-8-11(7)14-13(19)12(8)15-20/h4,12H,2-3,5H2,1H3,(H,14,19). The van der Waals surface area contributed by atoms with Crippen LogP contribution in [0.4, 0.5) is 11.4 Å². The molecule has 22 heavy (non-hydrogen) atoms. The highest BCUT2D eigenvalue weighted by molar-refractivity contribution is 6.04. The number of hydrogen-bond acceptors (Lipinski definition) is 6. The number of nitroso groups, excluding NO2 is 1. The highest BCUT2D eigenvalue weighted by atomic mass is 16.6. The van der Waals surface area contributed by atoms with Crippen molar-refractivity contribution in [3.63, 3.8) is 0 Å². The van der Waals surface area contributed by atoms with E-state index in [0.29, 0.717) is 29.8 Å². The highest BCUT2D eigenvalue weighted by Gasteiger charge is 2.39. The zero-order valence-corrected chi connectivity index (χ0v) is 11.7. The van der Waals surface area contributed by atoms with Gasteiger partial charge in [-0.3, -0.25) is 19.7 Å². The van der Waals surface area contributed by atoms with E-state index < -0.39 is 16.9 Å². The smallest absolute Gasteiger partial charge is 0.275 e. The molecule has 0 aromatic heterocycles. The molecule has 1 atom stereocenters. The first kappa shape index (κ1) is 14.1. The Morgan fingerprint density at radius 2 is 2.23 bits per heavy atom. The number of nitrogens with one attached hydrogen (secondary N) is 1. The first-order valence-electron chi connectivity index (χ1n) is 6.66. The number of carbonyl (C=O) groups excluding carboxylic acids is 2. The summed E-state index contributed by atoms with van der Waals surface area (Å²) < 4.78 is 0. The maximum absolute atomic E-state index is 11.8. The van der Waals surface area contributed by atoms with Crippen LogP contribution in [0.2, 0.25) is 0 Å². The molecule has 9 heteroatoms. The summed E-state index contributed by atoms with van der Waals surface area (Å²) in [6.45, 7) is 1.92. The number of nitro groups is 1. The molecular formula is C13H12N4O5. The number of nitrogens with zero attached hydrogens (tertiary/aromatic N) is 3. The van der Waals surface area contributed by atoms with Crippen molar-refractivity contribution in [2.24, 2.45) is 5.18 Å². The molecule has 0 aliphatic carbocycles. The molecule has 3 rings (SSSR count).